The van der Waals surface area contributed by atoms with Crippen molar-refractivity contribution >= 4 is 61.5 Å². The summed E-state index contributed by atoms with van der Waals surface area (Å²) in [5.74, 6) is 0. The van der Waals surface area contributed by atoms with Gasteiger partial charge in [-0.05, 0) is 41.0 Å². The Kier molecular flexibility index (Phi) is 2.71. The number of anilines is 1. The first-order valence-corrected chi connectivity index (χ1v) is 6.91. The third-order valence-corrected chi connectivity index (χ3v) is 4.32. The van der Waals surface area contributed by atoms with Crippen molar-refractivity contribution < 1.29 is 0 Å². The van der Waals surface area contributed by atoms with Gasteiger partial charge >= 0.3 is 0 Å². The monoisotopic (exact) mass is 321 g/mol. The molecule has 13 heavy (non-hydrogen) atoms. The van der Waals surface area contributed by atoms with Gasteiger partial charge in [-0.25, -0.2) is 0 Å². The van der Waals surface area contributed by atoms with E-state index in [4.69, 9.17) is 5.73 Å². The van der Waals surface area contributed by atoms with E-state index in [1.165, 1.54) is 18.6 Å². The molecule has 1 aromatic carbocycles. The van der Waals surface area contributed by atoms with Crippen LogP contribution in [0.4, 0.5) is 5.69 Å². The van der Waals surface area contributed by atoms with Crippen LogP contribution >= 0.6 is 45.7 Å². The quantitative estimate of drug-likeness (QED) is 0.491. The Hall–Kier alpha value is 0.0600. The fourth-order valence-corrected chi connectivity index (χ4v) is 4.06. The molecule has 0 fully saturated rings. The maximum Gasteiger partial charge on any atom is 0.0424 e. The largest absolute Gasteiger partial charge is 0.398 e. The Labute approximate surface area is 98.8 Å². The van der Waals surface area contributed by atoms with Crippen molar-refractivity contribution in [2.24, 2.45) is 0 Å². The highest BCUT2D eigenvalue weighted by molar-refractivity contribution is 14.1. The molecular formula is C9H8INS2. The second kappa shape index (κ2) is 3.67. The van der Waals surface area contributed by atoms with Gasteiger partial charge in [-0.2, -0.15) is 0 Å². The van der Waals surface area contributed by atoms with E-state index in [-0.39, 0.29) is 0 Å². The summed E-state index contributed by atoms with van der Waals surface area (Å²) in [6, 6.07) is 4.20. The first-order valence-electron chi connectivity index (χ1n) is 3.72. The van der Waals surface area contributed by atoms with E-state index in [1.54, 1.807) is 23.1 Å². The Morgan fingerprint density at radius 1 is 1.46 bits per heavy atom. The fraction of sp³-hybridized carbons (Fsp3) is 0.111. The lowest BCUT2D eigenvalue weighted by Gasteiger charge is -2.00. The Morgan fingerprint density at radius 2 is 2.23 bits per heavy atom. The number of benzene rings is 1. The summed E-state index contributed by atoms with van der Waals surface area (Å²) in [6.07, 6.45) is 2.08. The molecule has 0 spiro atoms. The van der Waals surface area contributed by atoms with Crippen molar-refractivity contribution in [1.29, 1.82) is 0 Å². The minimum atomic E-state index is 0.896. The molecule has 0 atom stereocenters. The fourth-order valence-electron chi connectivity index (χ4n) is 1.28. The van der Waals surface area contributed by atoms with Crippen molar-refractivity contribution in [3.8, 4) is 0 Å². The summed E-state index contributed by atoms with van der Waals surface area (Å²) < 4.78 is 2.49. The van der Waals surface area contributed by atoms with Crippen molar-refractivity contribution in [2.75, 3.05) is 12.0 Å². The molecule has 0 bridgehead atoms. The van der Waals surface area contributed by atoms with Gasteiger partial charge in [-0.3, -0.25) is 0 Å². The summed E-state index contributed by atoms with van der Waals surface area (Å²) in [7, 11) is 0. The molecule has 0 aliphatic heterocycles. The molecule has 1 aromatic heterocycles. The maximum absolute atomic E-state index is 5.97. The van der Waals surface area contributed by atoms with Crippen LogP contribution in [0.25, 0.3) is 10.1 Å². The number of nitrogen functional groups attached to an aromatic ring is 1. The van der Waals surface area contributed by atoms with E-state index < -0.39 is 0 Å². The third-order valence-electron chi connectivity index (χ3n) is 1.86. The molecule has 2 rings (SSSR count). The first kappa shape index (κ1) is 9.61. The Balaban J connectivity index is 2.82. The number of rotatable bonds is 1. The maximum atomic E-state index is 5.97. The highest BCUT2D eigenvalue weighted by Gasteiger charge is 2.07. The average Bonchev–Trinajstić information content (AvgIpc) is 2.47. The summed E-state index contributed by atoms with van der Waals surface area (Å²) in [5, 5.41) is 3.39. The van der Waals surface area contributed by atoms with Gasteiger partial charge in [-0.1, -0.05) is 0 Å². The van der Waals surface area contributed by atoms with Crippen molar-refractivity contribution in [3.05, 3.63) is 21.1 Å². The van der Waals surface area contributed by atoms with Crippen LogP contribution in [-0.4, -0.2) is 6.26 Å². The highest BCUT2D eigenvalue weighted by atomic mass is 127. The molecule has 68 valence electrons. The number of nitrogens with two attached hydrogens (primary N) is 1. The molecule has 4 heteroatoms. The minimum Gasteiger partial charge on any atom is -0.398 e. The van der Waals surface area contributed by atoms with E-state index in [1.807, 2.05) is 6.07 Å². The van der Waals surface area contributed by atoms with Crippen molar-refractivity contribution in [1.82, 2.24) is 0 Å². The van der Waals surface area contributed by atoms with E-state index in [9.17, 15) is 0 Å². The predicted octanol–water partition coefficient (Wildman–Crippen LogP) is 3.81. The van der Waals surface area contributed by atoms with Crippen molar-refractivity contribution in [3.63, 3.8) is 0 Å². The normalized spacial score (nSPS) is 10.9. The molecule has 0 amide bonds. The van der Waals surface area contributed by atoms with Gasteiger partial charge in [0.2, 0.25) is 0 Å². The lowest BCUT2D eigenvalue weighted by atomic mass is 10.2. The van der Waals surface area contributed by atoms with Gasteiger partial charge in [0.15, 0.2) is 0 Å². The number of thiophene rings is 1. The van der Waals surface area contributed by atoms with Gasteiger partial charge < -0.3 is 5.73 Å². The van der Waals surface area contributed by atoms with Crippen LogP contribution in [0.3, 0.4) is 0 Å². The van der Waals surface area contributed by atoms with Gasteiger partial charge in [0.25, 0.3) is 0 Å². The van der Waals surface area contributed by atoms with Gasteiger partial charge in [0.05, 0.1) is 0 Å². The number of hydrogen-bond acceptors (Lipinski definition) is 3. The lowest BCUT2D eigenvalue weighted by molar-refractivity contribution is 1.64. The predicted molar refractivity (Wildman–Crippen MR) is 70.7 cm³/mol. The van der Waals surface area contributed by atoms with Crippen LogP contribution in [0.15, 0.2) is 22.4 Å². The zero-order valence-electron chi connectivity index (χ0n) is 7.00. The van der Waals surface area contributed by atoms with Crippen LogP contribution in [0.5, 0.6) is 0 Å². The SMILES string of the molecule is CSc1csc2cc(I)cc(N)c12. The average molecular weight is 321 g/mol. The standard InChI is InChI=1S/C9H8INS2/c1-12-8-4-13-7-3-5(10)2-6(11)9(7)8/h2-4H,11H2,1H3. The van der Waals surface area contributed by atoms with Crippen LogP contribution in [0, 0.1) is 3.57 Å². The molecule has 0 aliphatic rings. The van der Waals surface area contributed by atoms with Crippen molar-refractivity contribution in [2.45, 2.75) is 4.90 Å². The third kappa shape index (κ3) is 1.67. The lowest BCUT2D eigenvalue weighted by Crippen LogP contribution is -1.86. The number of thioether (sulfide) groups is 1. The minimum absolute atomic E-state index is 0.896. The Bertz CT molecular complexity index is 450. The molecule has 0 unspecified atom stereocenters. The molecular weight excluding hydrogens is 313 g/mol. The zero-order valence-corrected chi connectivity index (χ0v) is 10.8. The molecule has 0 radical (unpaired) electrons. The summed E-state index contributed by atoms with van der Waals surface area (Å²) in [4.78, 5) is 1.29. The van der Waals surface area contributed by atoms with Crippen LogP contribution < -0.4 is 5.73 Å². The van der Waals surface area contributed by atoms with Crippen LogP contribution in [0.1, 0.15) is 0 Å². The molecule has 0 aliphatic carbocycles. The molecule has 0 saturated carbocycles. The summed E-state index contributed by atoms with van der Waals surface area (Å²) >= 11 is 5.81. The van der Waals surface area contributed by atoms with Crippen LogP contribution in [0.2, 0.25) is 0 Å². The molecule has 0 saturated heterocycles. The van der Waals surface area contributed by atoms with E-state index in [0.29, 0.717) is 0 Å². The number of fused-ring (bicyclic) bond motifs is 1. The van der Waals surface area contributed by atoms with E-state index >= 15 is 0 Å². The number of halogens is 1. The molecule has 2 N–H and O–H groups in total. The van der Waals surface area contributed by atoms with Crippen LogP contribution in [-0.2, 0) is 0 Å². The van der Waals surface area contributed by atoms with E-state index in [0.717, 1.165) is 5.69 Å². The molecule has 1 heterocycles. The van der Waals surface area contributed by atoms with Gasteiger partial charge in [-0.15, -0.1) is 23.1 Å². The van der Waals surface area contributed by atoms with E-state index in [2.05, 4.69) is 40.3 Å². The zero-order chi connectivity index (χ0) is 9.42. The number of hydrogen-bond donors (Lipinski definition) is 1. The second-order valence-electron chi connectivity index (χ2n) is 2.67. The topological polar surface area (TPSA) is 26.0 Å². The van der Waals surface area contributed by atoms with Gasteiger partial charge in [0, 0.05) is 29.6 Å². The molecule has 2 aromatic rings. The summed E-state index contributed by atoms with van der Waals surface area (Å²) in [5.41, 5.74) is 6.86. The Morgan fingerprint density at radius 3 is 2.92 bits per heavy atom. The van der Waals surface area contributed by atoms with Gasteiger partial charge in [0.1, 0.15) is 0 Å². The molecule has 1 nitrogen and oxygen atoms in total. The first-order chi connectivity index (χ1) is 6.22. The second-order valence-corrected chi connectivity index (χ2v) is 5.68. The smallest absolute Gasteiger partial charge is 0.0424 e. The highest BCUT2D eigenvalue weighted by Crippen LogP contribution is 2.36. The summed E-state index contributed by atoms with van der Waals surface area (Å²) in [6.45, 7) is 0.